The summed E-state index contributed by atoms with van der Waals surface area (Å²) in [5, 5.41) is 17.2. The van der Waals surface area contributed by atoms with Crippen molar-refractivity contribution < 1.29 is 5.11 Å². The van der Waals surface area contributed by atoms with Gasteiger partial charge in [-0.1, -0.05) is 54.6 Å². The van der Waals surface area contributed by atoms with Gasteiger partial charge in [-0.15, -0.1) is 0 Å². The van der Waals surface area contributed by atoms with Gasteiger partial charge in [0, 0.05) is 17.7 Å². The summed E-state index contributed by atoms with van der Waals surface area (Å²) in [6.45, 7) is 0.110. The average Bonchev–Trinajstić information content (AvgIpc) is 2.40. The number of aliphatic hydroxyl groups is 1. The van der Waals surface area contributed by atoms with E-state index in [1.165, 1.54) is 0 Å². The van der Waals surface area contributed by atoms with Crippen molar-refractivity contribution in [2.75, 3.05) is 6.61 Å². The Balaban J connectivity index is 2.37. The Morgan fingerprint density at radius 2 is 1.59 bits per heavy atom. The van der Waals surface area contributed by atoms with Crippen LogP contribution in [0.2, 0.25) is 0 Å². The first kappa shape index (κ1) is 11.6. The van der Waals surface area contributed by atoms with Gasteiger partial charge in [0.1, 0.15) is 0 Å². The normalized spacial score (nSPS) is 10.2. The van der Waals surface area contributed by atoms with E-state index in [0.717, 1.165) is 16.7 Å². The van der Waals surface area contributed by atoms with E-state index in [1.54, 1.807) is 0 Å². The van der Waals surface area contributed by atoms with Crippen molar-refractivity contribution in [2.24, 2.45) is 0 Å². The van der Waals surface area contributed by atoms with Gasteiger partial charge >= 0.3 is 0 Å². The fourth-order valence-corrected chi connectivity index (χ4v) is 1.86. The molecule has 17 heavy (non-hydrogen) atoms. The second-order valence-electron chi connectivity index (χ2n) is 3.87. The van der Waals surface area contributed by atoms with E-state index in [4.69, 9.17) is 10.5 Å². The molecule has 0 bridgehead atoms. The fraction of sp³-hybridized carbons (Fsp3) is 0.133. The zero-order valence-electron chi connectivity index (χ0n) is 9.56. The lowest BCUT2D eigenvalue weighted by molar-refractivity contribution is 0.299. The van der Waals surface area contributed by atoms with Gasteiger partial charge in [0.25, 0.3) is 0 Å². The van der Waals surface area contributed by atoms with E-state index >= 15 is 0 Å². The molecular weight excluding hydrogens is 210 g/mol. The lowest BCUT2D eigenvalue weighted by Crippen LogP contribution is -2.06. The topological polar surface area (TPSA) is 44.1 Å². The molecule has 2 nitrogen and oxygen atoms in total. The van der Waals surface area contributed by atoms with Gasteiger partial charge in [-0.05, 0) is 12.0 Å². The van der Waals surface area contributed by atoms with E-state index in [1.807, 2.05) is 54.6 Å². The van der Waals surface area contributed by atoms with E-state index in [9.17, 15) is 0 Å². The van der Waals surface area contributed by atoms with Gasteiger partial charge in [0.15, 0.2) is 0 Å². The Bertz CT molecular complexity index is 505. The lowest BCUT2D eigenvalue weighted by atomic mass is 9.96. The summed E-state index contributed by atoms with van der Waals surface area (Å²) >= 11 is 0. The minimum atomic E-state index is 0.110. The number of benzene rings is 2. The van der Waals surface area contributed by atoms with Crippen LogP contribution in [0, 0.1) is 5.41 Å². The minimum Gasteiger partial charge on any atom is -0.396 e. The van der Waals surface area contributed by atoms with E-state index < -0.39 is 0 Å². The van der Waals surface area contributed by atoms with Crippen LogP contribution >= 0.6 is 0 Å². The molecule has 0 radical (unpaired) electrons. The molecule has 2 aromatic carbocycles. The summed E-state index contributed by atoms with van der Waals surface area (Å²) in [6.07, 6.45) is 0.589. The van der Waals surface area contributed by atoms with Crippen molar-refractivity contribution in [3.05, 3.63) is 71.3 Å². The predicted molar refractivity (Wildman–Crippen MR) is 69.6 cm³/mol. The lowest BCUT2D eigenvalue weighted by Gasteiger charge is -2.09. The summed E-state index contributed by atoms with van der Waals surface area (Å²) < 4.78 is 0. The van der Waals surface area contributed by atoms with E-state index in [-0.39, 0.29) is 6.61 Å². The Kier molecular flexibility index (Phi) is 3.68. The second kappa shape index (κ2) is 5.41. The van der Waals surface area contributed by atoms with Crippen LogP contribution in [0.5, 0.6) is 0 Å². The second-order valence-corrected chi connectivity index (χ2v) is 3.87. The van der Waals surface area contributed by atoms with Crippen molar-refractivity contribution in [3.63, 3.8) is 0 Å². The zero-order valence-corrected chi connectivity index (χ0v) is 9.56. The molecule has 0 fully saturated rings. The molecule has 0 aliphatic heterocycles. The molecule has 0 aromatic heterocycles. The van der Waals surface area contributed by atoms with Crippen LogP contribution < -0.4 is 0 Å². The first-order valence-corrected chi connectivity index (χ1v) is 5.66. The van der Waals surface area contributed by atoms with Crippen LogP contribution in [0.1, 0.15) is 16.7 Å². The predicted octanol–water partition coefficient (Wildman–Crippen LogP) is 2.64. The van der Waals surface area contributed by atoms with Crippen molar-refractivity contribution in [1.29, 1.82) is 5.41 Å². The molecule has 0 aliphatic carbocycles. The fourth-order valence-electron chi connectivity index (χ4n) is 1.86. The van der Waals surface area contributed by atoms with Crippen molar-refractivity contribution in [1.82, 2.24) is 0 Å². The van der Waals surface area contributed by atoms with Gasteiger partial charge in [-0.25, -0.2) is 0 Å². The molecule has 0 amide bonds. The quantitative estimate of drug-likeness (QED) is 0.772. The first-order valence-electron chi connectivity index (χ1n) is 5.66. The van der Waals surface area contributed by atoms with Crippen LogP contribution in [0.3, 0.4) is 0 Å². The van der Waals surface area contributed by atoms with E-state index in [0.29, 0.717) is 12.1 Å². The molecule has 0 aliphatic rings. The Hall–Kier alpha value is -1.93. The minimum absolute atomic E-state index is 0.110. The SMILES string of the molecule is N=C(c1ccccc1)c1ccccc1CCO. The molecule has 0 atom stereocenters. The summed E-state index contributed by atoms with van der Waals surface area (Å²) in [6, 6.07) is 17.4. The highest BCUT2D eigenvalue weighted by Gasteiger charge is 2.08. The number of rotatable bonds is 4. The van der Waals surface area contributed by atoms with Crippen LogP contribution in [0.15, 0.2) is 54.6 Å². The molecule has 0 saturated heterocycles. The zero-order chi connectivity index (χ0) is 12.1. The molecule has 0 heterocycles. The number of hydrogen-bond acceptors (Lipinski definition) is 2. The average molecular weight is 225 g/mol. The van der Waals surface area contributed by atoms with Crippen molar-refractivity contribution >= 4 is 5.71 Å². The summed E-state index contributed by atoms with van der Waals surface area (Å²) in [5.41, 5.74) is 3.32. The van der Waals surface area contributed by atoms with Gasteiger partial charge < -0.3 is 5.11 Å². The molecule has 2 rings (SSSR count). The van der Waals surface area contributed by atoms with Crippen LogP contribution in [-0.4, -0.2) is 17.4 Å². The van der Waals surface area contributed by atoms with Gasteiger partial charge in [0.2, 0.25) is 0 Å². The molecule has 2 heteroatoms. The highest BCUT2D eigenvalue weighted by molar-refractivity contribution is 6.11. The summed E-state index contributed by atoms with van der Waals surface area (Å²) in [7, 11) is 0. The smallest absolute Gasteiger partial charge is 0.0687 e. The Morgan fingerprint density at radius 3 is 2.29 bits per heavy atom. The highest BCUT2D eigenvalue weighted by Crippen LogP contribution is 2.14. The molecule has 0 unspecified atom stereocenters. The maximum atomic E-state index is 9.03. The highest BCUT2D eigenvalue weighted by atomic mass is 16.2. The van der Waals surface area contributed by atoms with E-state index in [2.05, 4.69) is 0 Å². The van der Waals surface area contributed by atoms with Crippen LogP contribution in [0.4, 0.5) is 0 Å². The van der Waals surface area contributed by atoms with Gasteiger partial charge in [-0.3, -0.25) is 5.41 Å². The van der Waals surface area contributed by atoms with Crippen LogP contribution in [0.25, 0.3) is 0 Å². The van der Waals surface area contributed by atoms with Gasteiger partial charge in [-0.2, -0.15) is 0 Å². The molecule has 0 saturated carbocycles. The molecule has 0 spiro atoms. The number of aliphatic hydroxyl groups excluding tert-OH is 1. The van der Waals surface area contributed by atoms with Gasteiger partial charge in [0.05, 0.1) is 5.71 Å². The summed E-state index contributed by atoms with van der Waals surface area (Å²) in [4.78, 5) is 0. The van der Waals surface area contributed by atoms with Crippen molar-refractivity contribution in [3.8, 4) is 0 Å². The standard InChI is InChI=1S/C15H15NO/c16-15(13-7-2-1-3-8-13)14-9-5-4-6-12(14)10-11-17/h1-9,16-17H,10-11H2. The molecule has 86 valence electrons. The maximum Gasteiger partial charge on any atom is 0.0687 e. The summed E-state index contributed by atoms with van der Waals surface area (Å²) in [5.74, 6) is 0. The number of nitrogens with one attached hydrogen (secondary N) is 1. The Morgan fingerprint density at radius 1 is 0.941 bits per heavy atom. The molecule has 2 N–H and O–H groups in total. The third-order valence-corrected chi connectivity index (χ3v) is 2.73. The first-order chi connectivity index (χ1) is 8.33. The monoisotopic (exact) mass is 225 g/mol. The third kappa shape index (κ3) is 2.60. The largest absolute Gasteiger partial charge is 0.396 e. The maximum absolute atomic E-state index is 9.03. The van der Waals surface area contributed by atoms with Crippen molar-refractivity contribution in [2.45, 2.75) is 6.42 Å². The number of hydrogen-bond donors (Lipinski definition) is 2. The molecular formula is C15H15NO. The molecule has 2 aromatic rings. The third-order valence-electron chi connectivity index (χ3n) is 2.73. The Labute approximate surface area is 101 Å². The van der Waals surface area contributed by atoms with Crippen LogP contribution in [-0.2, 0) is 6.42 Å².